The second kappa shape index (κ2) is 5.50. The van der Waals surface area contributed by atoms with E-state index in [2.05, 4.69) is 45.0 Å². The average Bonchev–Trinajstić information content (AvgIpc) is 2.79. The summed E-state index contributed by atoms with van der Waals surface area (Å²) in [7, 11) is 4.20. The molecule has 5 nitrogen and oxygen atoms in total. The minimum atomic E-state index is 0.580. The van der Waals surface area contributed by atoms with Crippen LogP contribution in [0.4, 0.5) is 0 Å². The number of hydrogen-bond donors (Lipinski definition) is 1. The number of aromatic nitrogens is 3. The molecule has 2 aromatic rings. The van der Waals surface area contributed by atoms with Crippen molar-refractivity contribution in [3.8, 4) is 0 Å². The smallest absolute Gasteiger partial charge is 0.155 e. The van der Waals surface area contributed by atoms with Crippen LogP contribution in [0.3, 0.4) is 0 Å². The number of nitrogens with one attached hydrogen (secondary N) is 1. The summed E-state index contributed by atoms with van der Waals surface area (Å²) < 4.78 is 2.07. The summed E-state index contributed by atoms with van der Waals surface area (Å²) in [5.41, 5.74) is 4.67. The highest BCUT2D eigenvalue weighted by Crippen LogP contribution is 2.28. The Bertz CT molecular complexity index is 596. The molecule has 0 radical (unpaired) electrons. The highest BCUT2D eigenvalue weighted by Gasteiger charge is 2.22. The largest absolute Gasteiger partial charge is 0.317 e. The SMILES string of the molecule is Cc1cc2ncc(CN(C)C)c(C3CCNCC3)n2n1. The van der Waals surface area contributed by atoms with Gasteiger partial charge in [-0.25, -0.2) is 9.50 Å². The van der Waals surface area contributed by atoms with Crippen LogP contribution in [0.25, 0.3) is 5.65 Å². The quantitative estimate of drug-likeness (QED) is 0.922. The van der Waals surface area contributed by atoms with Crippen LogP contribution in [0.15, 0.2) is 12.3 Å². The van der Waals surface area contributed by atoms with E-state index in [1.807, 2.05) is 13.1 Å². The van der Waals surface area contributed by atoms with Gasteiger partial charge in [0.05, 0.1) is 11.4 Å². The Kier molecular flexibility index (Phi) is 3.72. The number of piperidine rings is 1. The molecule has 1 fully saturated rings. The zero-order chi connectivity index (χ0) is 14.1. The minimum absolute atomic E-state index is 0.580. The third kappa shape index (κ3) is 2.55. The first kappa shape index (κ1) is 13.5. The Hall–Kier alpha value is -1.46. The first-order valence-corrected chi connectivity index (χ1v) is 7.35. The topological polar surface area (TPSA) is 45.5 Å². The van der Waals surface area contributed by atoms with Crippen LogP contribution in [-0.4, -0.2) is 46.7 Å². The monoisotopic (exact) mass is 273 g/mol. The molecule has 0 spiro atoms. The van der Waals surface area contributed by atoms with Crippen molar-refractivity contribution in [1.82, 2.24) is 24.8 Å². The van der Waals surface area contributed by atoms with Gasteiger partial charge >= 0.3 is 0 Å². The fourth-order valence-electron chi connectivity index (χ4n) is 3.09. The van der Waals surface area contributed by atoms with Crippen molar-refractivity contribution in [2.24, 2.45) is 0 Å². The highest BCUT2D eigenvalue weighted by atomic mass is 15.3. The van der Waals surface area contributed by atoms with Gasteiger partial charge < -0.3 is 10.2 Å². The van der Waals surface area contributed by atoms with Gasteiger partial charge in [-0.15, -0.1) is 0 Å². The Labute approximate surface area is 120 Å². The molecular formula is C15H23N5. The molecule has 3 rings (SSSR count). The summed E-state index contributed by atoms with van der Waals surface area (Å²) in [6.45, 7) is 5.14. The zero-order valence-electron chi connectivity index (χ0n) is 12.6. The number of hydrogen-bond acceptors (Lipinski definition) is 4. The molecular weight excluding hydrogens is 250 g/mol. The van der Waals surface area contributed by atoms with E-state index in [4.69, 9.17) is 0 Å². The molecule has 0 unspecified atom stereocenters. The fourth-order valence-corrected chi connectivity index (χ4v) is 3.09. The maximum atomic E-state index is 4.67. The van der Waals surface area contributed by atoms with E-state index in [0.717, 1.165) is 31.0 Å². The van der Waals surface area contributed by atoms with Crippen molar-refractivity contribution in [3.63, 3.8) is 0 Å². The van der Waals surface area contributed by atoms with Crippen molar-refractivity contribution in [2.75, 3.05) is 27.2 Å². The molecule has 3 heterocycles. The number of rotatable bonds is 3. The van der Waals surface area contributed by atoms with Crippen LogP contribution in [0.2, 0.25) is 0 Å². The summed E-state index contributed by atoms with van der Waals surface area (Å²) >= 11 is 0. The van der Waals surface area contributed by atoms with Crippen molar-refractivity contribution in [1.29, 1.82) is 0 Å². The Morgan fingerprint density at radius 2 is 2.10 bits per heavy atom. The number of aryl methyl sites for hydroxylation is 1. The van der Waals surface area contributed by atoms with Gasteiger partial charge in [0.1, 0.15) is 0 Å². The molecule has 108 valence electrons. The van der Waals surface area contributed by atoms with Crippen molar-refractivity contribution >= 4 is 5.65 Å². The first-order valence-electron chi connectivity index (χ1n) is 7.35. The number of nitrogens with zero attached hydrogens (tertiary/aromatic N) is 4. The third-order valence-corrected chi connectivity index (χ3v) is 3.93. The molecule has 5 heteroatoms. The molecule has 0 saturated carbocycles. The van der Waals surface area contributed by atoms with Gasteiger partial charge in [0.2, 0.25) is 0 Å². The number of fused-ring (bicyclic) bond motifs is 1. The summed E-state index contributed by atoms with van der Waals surface area (Å²) in [6.07, 6.45) is 4.39. The van der Waals surface area contributed by atoms with E-state index >= 15 is 0 Å². The molecule has 1 N–H and O–H groups in total. The summed E-state index contributed by atoms with van der Waals surface area (Å²) in [6, 6.07) is 2.06. The van der Waals surface area contributed by atoms with E-state index in [1.165, 1.54) is 24.1 Å². The maximum absolute atomic E-state index is 4.67. The van der Waals surface area contributed by atoms with Gasteiger partial charge in [0, 0.05) is 30.3 Å². The molecule has 0 aromatic carbocycles. The zero-order valence-corrected chi connectivity index (χ0v) is 12.6. The highest BCUT2D eigenvalue weighted by molar-refractivity contribution is 5.43. The van der Waals surface area contributed by atoms with E-state index < -0.39 is 0 Å². The minimum Gasteiger partial charge on any atom is -0.317 e. The maximum Gasteiger partial charge on any atom is 0.155 e. The van der Waals surface area contributed by atoms with Gasteiger partial charge in [0.25, 0.3) is 0 Å². The van der Waals surface area contributed by atoms with Crippen LogP contribution >= 0.6 is 0 Å². The fraction of sp³-hybridized carbons (Fsp3) is 0.600. The van der Waals surface area contributed by atoms with Gasteiger partial charge in [-0.1, -0.05) is 0 Å². The van der Waals surface area contributed by atoms with E-state index in [1.54, 1.807) is 0 Å². The van der Waals surface area contributed by atoms with Crippen molar-refractivity contribution < 1.29 is 0 Å². The van der Waals surface area contributed by atoms with Crippen LogP contribution in [-0.2, 0) is 6.54 Å². The third-order valence-electron chi connectivity index (χ3n) is 3.93. The van der Waals surface area contributed by atoms with E-state index in [9.17, 15) is 0 Å². The molecule has 0 amide bonds. The van der Waals surface area contributed by atoms with E-state index in [-0.39, 0.29) is 0 Å². The van der Waals surface area contributed by atoms with Crippen molar-refractivity contribution in [2.45, 2.75) is 32.2 Å². The second-order valence-electron chi connectivity index (χ2n) is 5.99. The predicted molar refractivity (Wildman–Crippen MR) is 80.0 cm³/mol. The van der Waals surface area contributed by atoms with Crippen LogP contribution in [0.1, 0.15) is 35.7 Å². The van der Waals surface area contributed by atoms with E-state index in [0.29, 0.717) is 5.92 Å². The summed E-state index contributed by atoms with van der Waals surface area (Å²) in [5.74, 6) is 0.580. The van der Waals surface area contributed by atoms with Crippen LogP contribution in [0.5, 0.6) is 0 Å². The molecule has 1 saturated heterocycles. The summed E-state index contributed by atoms with van der Waals surface area (Å²) in [5, 5.41) is 8.11. The lowest BCUT2D eigenvalue weighted by Gasteiger charge is -2.26. The van der Waals surface area contributed by atoms with Gasteiger partial charge in [-0.2, -0.15) is 5.10 Å². The normalized spacial score (nSPS) is 17.2. The van der Waals surface area contributed by atoms with Gasteiger partial charge in [-0.3, -0.25) is 0 Å². The molecule has 0 aliphatic carbocycles. The lowest BCUT2D eigenvalue weighted by atomic mass is 9.91. The Morgan fingerprint density at radius 1 is 1.35 bits per heavy atom. The lowest BCUT2D eigenvalue weighted by Crippen LogP contribution is -2.29. The molecule has 2 aromatic heterocycles. The van der Waals surface area contributed by atoms with Crippen LogP contribution in [0, 0.1) is 6.92 Å². The molecule has 0 bridgehead atoms. The Morgan fingerprint density at radius 3 is 2.80 bits per heavy atom. The first-order chi connectivity index (χ1) is 9.65. The van der Waals surface area contributed by atoms with Crippen LogP contribution < -0.4 is 5.32 Å². The molecule has 20 heavy (non-hydrogen) atoms. The second-order valence-corrected chi connectivity index (χ2v) is 5.99. The van der Waals surface area contributed by atoms with Crippen molar-refractivity contribution in [3.05, 3.63) is 29.2 Å². The van der Waals surface area contributed by atoms with Gasteiger partial charge in [-0.05, 0) is 47.0 Å². The Balaban J connectivity index is 2.11. The molecule has 1 aliphatic heterocycles. The van der Waals surface area contributed by atoms with Gasteiger partial charge in [0.15, 0.2) is 5.65 Å². The molecule has 0 atom stereocenters. The summed E-state index contributed by atoms with van der Waals surface area (Å²) in [4.78, 5) is 6.77. The predicted octanol–water partition coefficient (Wildman–Crippen LogP) is 1.57. The molecule has 1 aliphatic rings. The standard InChI is InChI=1S/C15H23N5/c1-11-8-14-17-9-13(10-19(2)3)15(20(14)18-11)12-4-6-16-7-5-12/h8-9,12,16H,4-7,10H2,1-3H3. The lowest BCUT2D eigenvalue weighted by molar-refractivity contribution is 0.388. The average molecular weight is 273 g/mol.